The molecule has 126 valence electrons. The normalized spacial score (nSPS) is 20.9. The molecule has 0 unspecified atom stereocenters. The Kier molecular flexibility index (Phi) is 5.62. The standard InChI is InChI=1S/C20H24N2O2/c21-20(23)19-12-11-18(15-24-19)22(13-16-7-3-1-4-8-16)14-17-9-5-2-6-10-17/h1-10,18-19H,11-15H2,(H2,21,23)/t18-,19+/m1/s1. The predicted molar refractivity (Wildman–Crippen MR) is 94.1 cm³/mol. The molecule has 2 aromatic carbocycles. The number of nitrogens with two attached hydrogens (primary N) is 1. The fourth-order valence-corrected chi connectivity index (χ4v) is 3.20. The monoisotopic (exact) mass is 324 g/mol. The lowest BCUT2D eigenvalue weighted by Gasteiger charge is -2.36. The predicted octanol–water partition coefficient (Wildman–Crippen LogP) is 2.72. The second kappa shape index (κ2) is 8.08. The summed E-state index contributed by atoms with van der Waals surface area (Å²) in [7, 11) is 0. The van der Waals surface area contributed by atoms with Gasteiger partial charge in [-0.25, -0.2) is 0 Å². The Bertz CT molecular complexity index is 596. The van der Waals surface area contributed by atoms with Gasteiger partial charge >= 0.3 is 0 Å². The molecule has 1 amide bonds. The maximum absolute atomic E-state index is 11.3. The van der Waals surface area contributed by atoms with E-state index in [2.05, 4.69) is 53.4 Å². The maximum atomic E-state index is 11.3. The van der Waals surface area contributed by atoms with Crippen LogP contribution in [-0.2, 0) is 22.6 Å². The van der Waals surface area contributed by atoms with Gasteiger partial charge in [0.05, 0.1) is 6.61 Å². The number of ether oxygens (including phenoxy) is 1. The van der Waals surface area contributed by atoms with Crippen molar-refractivity contribution < 1.29 is 9.53 Å². The second-order valence-corrected chi connectivity index (χ2v) is 6.33. The number of hydrogen-bond acceptors (Lipinski definition) is 3. The van der Waals surface area contributed by atoms with Crippen molar-refractivity contribution in [3.8, 4) is 0 Å². The average Bonchev–Trinajstić information content (AvgIpc) is 2.63. The lowest BCUT2D eigenvalue weighted by atomic mass is 10.0. The summed E-state index contributed by atoms with van der Waals surface area (Å²) in [6.45, 7) is 2.28. The highest BCUT2D eigenvalue weighted by Gasteiger charge is 2.29. The van der Waals surface area contributed by atoms with Crippen molar-refractivity contribution in [2.45, 2.75) is 38.1 Å². The lowest BCUT2D eigenvalue weighted by molar-refractivity contribution is -0.135. The van der Waals surface area contributed by atoms with E-state index in [1.54, 1.807) is 0 Å². The van der Waals surface area contributed by atoms with Gasteiger partial charge in [-0.2, -0.15) is 0 Å². The number of primary amides is 1. The van der Waals surface area contributed by atoms with Crippen molar-refractivity contribution in [1.29, 1.82) is 0 Å². The van der Waals surface area contributed by atoms with Crippen LogP contribution in [-0.4, -0.2) is 29.6 Å². The Morgan fingerprint density at radius 3 is 1.92 bits per heavy atom. The molecule has 2 atom stereocenters. The highest BCUT2D eigenvalue weighted by Crippen LogP contribution is 2.22. The van der Waals surface area contributed by atoms with E-state index in [0.29, 0.717) is 19.1 Å². The number of hydrogen-bond donors (Lipinski definition) is 1. The molecule has 1 heterocycles. The SMILES string of the molecule is NC(=O)[C@@H]1CC[C@@H](N(Cc2ccccc2)Cc2ccccc2)CO1. The molecule has 1 fully saturated rings. The molecular weight excluding hydrogens is 300 g/mol. The van der Waals surface area contributed by atoms with Crippen LogP contribution in [0.2, 0.25) is 0 Å². The molecule has 0 bridgehead atoms. The van der Waals surface area contributed by atoms with E-state index in [1.807, 2.05) is 12.1 Å². The van der Waals surface area contributed by atoms with Gasteiger partial charge in [-0.1, -0.05) is 60.7 Å². The number of carbonyl (C=O) groups is 1. The van der Waals surface area contributed by atoms with Crippen molar-refractivity contribution in [3.05, 3.63) is 71.8 Å². The summed E-state index contributed by atoms with van der Waals surface area (Å²) in [6, 6.07) is 21.2. The highest BCUT2D eigenvalue weighted by molar-refractivity contribution is 5.78. The van der Waals surface area contributed by atoms with Crippen LogP contribution in [0.5, 0.6) is 0 Å². The molecule has 0 aromatic heterocycles. The van der Waals surface area contributed by atoms with E-state index in [9.17, 15) is 4.79 Å². The van der Waals surface area contributed by atoms with Crippen LogP contribution in [0.3, 0.4) is 0 Å². The topological polar surface area (TPSA) is 55.6 Å². The zero-order chi connectivity index (χ0) is 16.8. The summed E-state index contributed by atoms with van der Waals surface area (Å²) in [5.74, 6) is -0.355. The molecule has 1 saturated heterocycles. The van der Waals surface area contributed by atoms with Crippen LogP contribution >= 0.6 is 0 Å². The zero-order valence-electron chi connectivity index (χ0n) is 13.8. The van der Waals surface area contributed by atoms with Crippen LogP contribution < -0.4 is 5.73 Å². The molecule has 1 aliphatic rings. The van der Waals surface area contributed by atoms with Gasteiger partial charge in [0.15, 0.2) is 0 Å². The lowest BCUT2D eigenvalue weighted by Crippen LogP contribution is -2.45. The van der Waals surface area contributed by atoms with E-state index in [-0.39, 0.29) is 5.91 Å². The van der Waals surface area contributed by atoms with E-state index in [0.717, 1.165) is 19.5 Å². The third-order valence-corrected chi connectivity index (χ3v) is 4.54. The summed E-state index contributed by atoms with van der Waals surface area (Å²) < 4.78 is 5.69. The molecule has 0 radical (unpaired) electrons. The molecule has 4 heteroatoms. The van der Waals surface area contributed by atoms with Crippen LogP contribution in [0, 0.1) is 0 Å². The van der Waals surface area contributed by atoms with Crippen molar-refractivity contribution in [1.82, 2.24) is 4.90 Å². The van der Waals surface area contributed by atoms with Gasteiger partial charge in [0.1, 0.15) is 6.10 Å². The van der Waals surface area contributed by atoms with E-state index < -0.39 is 6.10 Å². The zero-order valence-corrected chi connectivity index (χ0v) is 13.8. The number of nitrogens with zero attached hydrogens (tertiary/aromatic N) is 1. The molecule has 0 spiro atoms. The molecule has 0 aliphatic carbocycles. The summed E-state index contributed by atoms with van der Waals surface area (Å²) >= 11 is 0. The minimum atomic E-state index is -0.434. The van der Waals surface area contributed by atoms with Crippen molar-refractivity contribution in [2.75, 3.05) is 6.61 Å². The average molecular weight is 324 g/mol. The third-order valence-electron chi connectivity index (χ3n) is 4.54. The Hall–Kier alpha value is -2.17. The number of rotatable bonds is 6. The maximum Gasteiger partial charge on any atom is 0.246 e. The highest BCUT2D eigenvalue weighted by atomic mass is 16.5. The first-order valence-corrected chi connectivity index (χ1v) is 8.45. The largest absolute Gasteiger partial charge is 0.367 e. The van der Waals surface area contributed by atoms with Gasteiger partial charge in [-0.3, -0.25) is 9.69 Å². The third kappa shape index (κ3) is 4.43. The first-order valence-electron chi connectivity index (χ1n) is 8.45. The van der Waals surface area contributed by atoms with Gasteiger partial charge in [-0.15, -0.1) is 0 Å². The van der Waals surface area contributed by atoms with E-state index in [1.165, 1.54) is 11.1 Å². The van der Waals surface area contributed by atoms with E-state index >= 15 is 0 Å². The molecule has 4 nitrogen and oxygen atoms in total. The van der Waals surface area contributed by atoms with Crippen LogP contribution in [0.25, 0.3) is 0 Å². The smallest absolute Gasteiger partial charge is 0.246 e. The molecule has 2 aromatic rings. The Labute approximate surface area is 143 Å². The van der Waals surface area contributed by atoms with Crippen LogP contribution in [0.15, 0.2) is 60.7 Å². The fraction of sp³-hybridized carbons (Fsp3) is 0.350. The molecule has 3 rings (SSSR count). The minimum Gasteiger partial charge on any atom is -0.367 e. The quantitative estimate of drug-likeness (QED) is 0.889. The molecular formula is C20H24N2O2. The van der Waals surface area contributed by atoms with Crippen molar-refractivity contribution in [3.63, 3.8) is 0 Å². The summed E-state index contributed by atoms with van der Waals surface area (Å²) in [5, 5.41) is 0. The Balaban J connectivity index is 1.71. The summed E-state index contributed by atoms with van der Waals surface area (Å²) in [6.07, 6.45) is 1.18. The summed E-state index contributed by atoms with van der Waals surface area (Å²) in [5.41, 5.74) is 7.92. The molecule has 0 saturated carbocycles. The van der Waals surface area contributed by atoms with Crippen molar-refractivity contribution in [2.24, 2.45) is 5.73 Å². The van der Waals surface area contributed by atoms with Gasteiger partial charge < -0.3 is 10.5 Å². The van der Waals surface area contributed by atoms with Crippen LogP contribution in [0.4, 0.5) is 0 Å². The van der Waals surface area contributed by atoms with E-state index in [4.69, 9.17) is 10.5 Å². The number of carbonyl (C=O) groups excluding carboxylic acids is 1. The van der Waals surface area contributed by atoms with Gasteiger partial charge in [0.2, 0.25) is 5.91 Å². The van der Waals surface area contributed by atoms with Gasteiger partial charge in [0, 0.05) is 19.1 Å². The fourth-order valence-electron chi connectivity index (χ4n) is 3.20. The molecule has 2 N–H and O–H groups in total. The second-order valence-electron chi connectivity index (χ2n) is 6.33. The number of amides is 1. The first kappa shape index (κ1) is 16.7. The molecule has 24 heavy (non-hydrogen) atoms. The first-order chi connectivity index (χ1) is 11.7. The number of benzene rings is 2. The van der Waals surface area contributed by atoms with Crippen molar-refractivity contribution >= 4 is 5.91 Å². The Morgan fingerprint density at radius 1 is 0.958 bits per heavy atom. The molecule has 1 aliphatic heterocycles. The Morgan fingerprint density at radius 2 is 1.50 bits per heavy atom. The van der Waals surface area contributed by atoms with Crippen LogP contribution in [0.1, 0.15) is 24.0 Å². The van der Waals surface area contributed by atoms with Gasteiger partial charge in [-0.05, 0) is 24.0 Å². The summed E-state index contributed by atoms with van der Waals surface area (Å²) in [4.78, 5) is 13.7. The van der Waals surface area contributed by atoms with Gasteiger partial charge in [0.25, 0.3) is 0 Å². The minimum absolute atomic E-state index is 0.293.